The van der Waals surface area contributed by atoms with E-state index in [1.165, 1.54) is 0 Å². The molecule has 1 aliphatic carbocycles. The van der Waals surface area contributed by atoms with Gasteiger partial charge in [-0.2, -0.15) is 0 Å². The van der Waals surface area contributed by atoms with E-state index in [9.17, 15) is 0 Å². The van der Waals surface area contributed by atoms with Crippen LogP contribution in [0.5, 0.6) is 11.5 Å². The predicted molar refractivity (Wildman–Crippen MR) is 171 cm³/mol. The zero-order chi connectivity index (χ0) is 28.3. The third kappa shape index (κ3) is 3.97. The lowest BCUT2D eigenvalue weighted by Gasteiger charge is -2.42. The van der Waals surface area contributed by atoms with E-state index in [0.717, 1.165) is 33.0 Å². The third-order valence-electron chi connectivity index (χ3n) is 8.74. The lowest BCUT2D eigenvalue weighted by atomic mass is 9.91. The third-order valence-corrected chi connectivity index (χ3v) is 14.6. The van der Waals surface area contributed by atoms with E-state index >= 15 is 9.13 Å². The molecule has 0 amide bonds. The fraction of sp³-hybridized carbons (Fsp3) is 0.111. The Morgan fingerprint density at radius 3 is 2.21 bits per heavy atom. The van der Waals surface area contributed by atoms with E-state index in [-0.39, 0.29) is 12.1 Å². The molecular weight excluding hydrogens is 558 g/mol. The summed E-state index contributed by atoms with van der Waals surface area (Å²) in [6.45, 7) is 0. The SMILES string of the molecule is O=P1(CC(c2ccc3ccccc3c2)P2(=O)Oc3ccccc3C3C=CC=CC32)Oc2ccccc2-c2ccccc21. The summed E-state index contributed by atoms with van der Waals surface area (Å²) >= 11 is 0. The molecule has 5 atom stereocenters. The summed E-state index contributed by atoms with van der Waals surface area (Å²) in [6.07, 6.45) is 8.14. The van der Waals surface area contributed by atoms with Crippen molar-refractivity contribution in [1.82, 2.24) is 0 Å². The van der Waals surface area contributed by atoms with Crippen molar-refractivity contribution in [2.75, 3.05) is 6.16 Å². The van der Waals surface area contributed by atoms with Gasteiger partial charge in [0.2, 0.25) is 0 Å². The van der Waals surface area contributed by atoms with Gasteiger partial charge in [-0.15, -0.1) is 0 Å². The first kappa shape index (κ1) is 25.6. The second kappa shape index (κ2) is 9.73. The van der Waals surface area contributed by atoms with Gasteiger partial charge in [-0.1, -0.05) is 121 Å². The van der Waals surface area contributed by atoms with Crippen LogP contribution in [0.1, 0.15) is 22.7 Å². The smallest absolute Gasteiger partial charge is 0.279 e. The Hall–Kier alpha value is -4.10. The van der Waals surface area contributed by atoms with Crippen molar-refractivity contribution in [3.05, 3.63) is 151 Å². The summed E-state index contributed by atoms with van der Waals surface area (Å²) in [7, 11) is -7.14. The van der Waals surface area contributed by atoms with Crippen LogP contribution < -0.4 is 14.4 Å². The van der Waals surface area contributed by atoms with Crippen molar-refractivity contribution >= 4 is 30.8 Å². The van der Waals surface area contributed by atoms with Gasteiger partial charge in [0, 0.05) is 17.0 Å². The number of hydrogen-bond donors (Lipinski definition) is 0. The van der Waals surface area contributed by atoms with E-state index in [0.29, 0.717) is 16.8 Å². The first-order chi connectivity index (χ1) is 20.5. The highest BCUT2D eigenvalue weighted by atomic mass is 31.2. The van der Waals surface area contributed by atoms with Crippen molar-refractivity contribution in [1.29, 1.82) is 0 Å². The van der Waals surface area contributed by atoms with Crippen LogP contribution in [0.4, 0.5) is 0 Å². The number of para-hydroxylation sites is 2. The number of allylic oxidation sites excluding steroid dienone is 4. The number of hydrogen-bond acceptors (Lipinski definition) is 4. The lowest BCUT2D eigenvalue weighted by Crippen LogP contribution is -2.30. The van der Waals surface area contributed by atoms with E-state index in [2.05, 4.69) is 30.3 Å². The van der Waals surface area contributed by atoms with Crippen molar-refractivity contribution < 1.29 is 18.2 Å². The van der Waals surface area contributed by atoms with Crippen LogP contribution in [0.25, 0.3) is 21.9 Å². The molecule has 5 aromatic rings. The fourth-order valence-corrected chi connectivity index (χ4v) is 13.4. The molecule has 5 unspecified atom stereocenters. The minimum Gasteiger partial charge on any atom is -0.442 e. The molecule has 8 rings (SSSR count). The average molecular weight is 587 g/mol. The van der Waals surface area contributed by atoms with Gasteiger partial charge in [0.1, 0.15) is 11.5 Å². The van der Waals surface area contributed by atoms with Crippen LogP contribution in [0, 0.1) is 0 Å². The zero-order valence-corrected chi connectivity index (χ0v) is 24.5. The maximum atomic E-state index is 15.7. The number of benzene rings is 5. The van der Waals surface area contributed by atoms with Gasteiger partial charge in [-0.25, -0.2) is 0 Å². The second-order valence-electron chi connectivity index (χ2n) is 11.1. The molecule has 0 radical (unpaired) electrons. The molecule has 0 saturated heterocycles. The maximum absolute atomic E-state index is 15.7. The highest BCUT2D eigenvalue weighted by molar-refractivity contribution is 7.69. The van der Waals surface area contributed by atoms with Crippen LogP contribution in [0.3, 0.4) is 0 Å². The van der Waals surface area contributed by atoms with Crippen molar-refractivity contribution in [3.8, 4) is 22.6 Å². The lowest BCUT2D eigenvalue weighted by molar-refractivity contribution is 0.436. The highest BCUT2D eigenvalue weighted by Gasteiger charge is 2.53. The van der Waals surface area contributed by atoms with Crippen LogP contribution in [0.2, 0.25) is 0 Å². The minimum absolute atomic E-state index is 0.0525. The normalized spacial score (nSPS) is 25.7. The molecule has 5 aromatic carbocycles. The molecule has 0 saturated carbocycles. The summed E-state index contributed by atoms with van der Waals surface area (Å²) in [6, 6.07) is 37.6. The van der Waals surface area contributed by atoms with E-state index in [1.54, 1.807) is 0 Å². The van der Waals surface area contributed by atoms with Gasteiger partial charge >= 0.3 is 0 Å². The Labute approximate surface area is 245 Å². The van der Waals surface area contributed by atoms with Crippen LogP contribution in [-0.4, -0.2) is 11.8 Å². The molecule has 6 heteroatoms. The predicted octanol–water partition coefficient (Wildman–Crippen LogP) is 9.49. The van der Waals surface area contributed by atoms with Gasteiger partial charge in [0.15, 0.2) is 0 Å². The minimum atomic E-state index is -3.58. The fourth-order valence-electron chi connectivity index (χ4n) is 6.73. The van der Waals surface area contributed by atoms with Gasteiger partial charge in [-0.05, 0) is 40.1 Å². The quantitative estimate of drug-likeness (QED) is 0.197. The zero-order valence-electron chi connectivity index (χ0n) is 22.7. The molecule has 42 heavy (non-hydrogen) atoms. The van der Waals surface area contributed by atoms with E-state index < -0.39 is 26.1 Å². The van der Waals surface area contributed by atoms with Crippen molar-refractivity contribution in [2.45, 2.75) is 17.2 Å². The molecule has 2 aliphatic heterocycles. The standard InChI is InChI=1S/C36H28O4P2/c37-41(34-19-9-5-15-30(34)28-13-3-7-17-32(28)39-41)24-36(27-22-21-25-11-1-2-12-26(25)23-27)42(38)35-20-10-6-16-31(35)29-14-4-8-18-33(29)40-42/h1-23,31,35-36H,24H2. The van der Waals surface area contributed by atoms with Gasteiger partial charge in [0.25, 0.3) is 14.7 Å². The Bertz CT molecular complexity index is 2030. The summed E-state index contributed by atoms with van der Waals surface area (Å²) in [5, 5.41) is 2.79. The maximum Gasteiger partial charge on any atom is 0.279 e. The van der Waals surface area contributed by atoms with Gasteiger partial charge in [-0.3, -0.25) is 9.13 Å². The molecule has 4 nitrogen and oxygen atoms in total. The summed E-state index contributed by atoms with van der Waals surface area (Å²) in [5.41, 5.74) is 2.60. The number of fused-ring (bicyclic) bond motifs is 7. The second-order valence-corrected chi connectivity index (χ2v) is 16.2. The van der Waals surface area contributed by atoms with Gasteiger partial charge < -0.3 is 9.05 Å². The van der Waals surface area contributed by atoms with Crippen LogP contribution in [-0.2, 0) is 9.13 Å². The number of rotatable bonds is 4. The van der Waals surface area contributed by atoms with Crippen molar-refractivity contribution in [3.63, 3.8) is 0 Å². The average Bonchev–Trinajstić information content (AvgIpc) is 3.04. The summed E-state index contributed by atoms with van der Waals surface area (Å²) < 4.78 is 44.0. The van der Waals surface area contributed by atoms with Crippen molar-refractivity contribution in [2.24, 2.45) is 0 Å². The molecule has 3 aliphatic rings. The van der Waals surface area contributed by atoms with Crippen LogP contribution >= 0.6 is 14.7 Å². The first-order valence-electron chi connectivity index (χ1n) is 14.2. The largest absolute Gasteiger partial charge is 0.442 e. The Morgan fingerprint density at radius 2 is 1.33 bits per heavy atom. The molecule has 0 fully saturated rings. The summed E-state index contributed by atoms with van der Waals surface area (Å²) in [4.78, 5) is 0. The Morgan fingerprint density at radius 1 is 0.643 bits per heavy atom. The molecule has 0 N–H and O–H groups in total. The van der Waals surface area contributed by atoms with Gasteiger partial charge in [0.05, 0.1) is 22.8 Å². The van der Waals surface area contributed by atoms with Crippen LogP contribution in [0.15, 0.2) is 140 Å². The molecule has 0 bridgehead atoms. The summed E-state index contributed by atoms with van der Waals surface area (Å²) in [5.74, 6) is 1.11. The monoisotopic (exact) mass is 586 g/mol. The Kier molecular flexibility index (Phi) is 5.93. The molecule has 0 aromatic heterocycles. The Balaban J connectivity index is 1.33. The van der Waals surface area contributed by atoms with E-state index in [4.69, 9.17) is 9.05 Å². The first-order valence-corrected chi connectivity index (χ1v) is 17.8. The molecule has 2 heterocycles. The highest BCUT2D eigenvalue weighted by Crippen LogP contribution is 2.73. The molecule has 206 valence electrons. The van der Waals surface area contributed by atoms with E-state index in [1.807, 2.05) is 109 Å². The molecular formula is C36H28O4P2. The molecule has 0 spiro atoms. The topological polar surface area (TPSA) is 52.6 Å².